The topological polar surface area (TPSA) is 75.7 Å². The number of methoxy groups -OCH3 is 1. The van der Waals surface area contributed by atoms with E-state index >= 15 is 0 Å². The summed E-state index contributed by atoms with van der Waals surface area (Å²) in [4.78, 5) is 37.7. The number of nitrogens with zero attached hydrogens (tertiary/aromatic N) is 1. The molecule has 1 aromatic carbocycles. The molecule has 0 radical (unpaired) electrons. The molecule has 0 aliphatic carbocycles. The van der Waals surface area contributed by atoms with Crippen molar-refractivity contribution in [3.8, 4) is 0 Å². The average Bonchev–Trinajstić information content (AvgIpc) is 2.95. The molecule has 0 spiro atoms. The predicted octanol–water partition coefficient (Wildman–Crippen LogP) is 2.16. The van der Waals surface area contributed by atoms with Gasteiger partial charge in [-0.2, -0.15) is 0 Å². The van der Waals surface area contributed by atoms with E-state index in [4.69, 9.17) is 4.74 Å². The first-order chi connectivity index (χ1) is 12.7. The number of rotatable bonds is 7. The summed E-state index contributed by atoms with van der Waals surface area (Å²) in [7, 11) is 1.24. The second-order valence-corrected chi connectivity index (χ2v) is 6.97. The van der Waals surface area contributed by atoms with Gasteiger partial charge in [-0.3, -0.25) is 9.59 Å². The zero-order valence-corrected chi connectivity index (χ0v) is 15.6. The number of hydrogen-bond donors (Lipinski definition) is 1. The van der Waals surface area contributed by atoms with Crippen LogP contribution in [0.4, 0.5) is 8.78 Å². The Bertz CT molecular complexity index is 724. The SMILES string of the molecule is COC(=O)[C@@H](NC(=O)C[C@@H]1CCC(=O)N1Cc1cc(F)ccc1F)C(C)C. The van der Waals surface area contributed by atoms with Crippen molar-refractivity contribution in [2.45, 2.75) is 51.7 Å². The Labute approximate surface area is 156 Å². The molecule has 2 atom stereocenters. The standard InChI is InChI=1S/C19H24F2N2O4/c1-11(2)18(19(26)27-3)22-16(24)9-14-5-7-17(25)23(14)10-12-8-13(20)4-6-15(12)21/h4,6,8,11,14,18H,5,7,9-10H2,1-3H3,(H,22,24)/t14-,18-/m0/s1. The van der Waals surface area contributed by atoms with Crippen molar-refractivity contribution >= 4 is 17.8 Å². The molecular weight excluding hydrogens is 358 g/mol. The third-order valence-electron chi connectivity index (χ3n) is 4.66. The van der Waals surface area contributed by atoms with Gasteiger partial charge in [0.05, 0.1) is 7.11 Å². The van der Waals surface area contributed by atoms with Crippen LogP contribution < -0.4 is 5.32 Å². The highest BCUT2D eigenvalue weighted by molar-refractivity contribution is 5.86. The number of benzene rings is 1. The predicted molar refractivity (Wildman–Crippen MR) is 93.3 cm³/mol. The Morgan fingerprint density at radius 2 is 2.04 bits per heavy atom. The van der Waals surface area contributed by atoms with Gasteiger partial charge < -0.3 is 15.0 Å². The first kappa shape index (κ1) is 20.8. The lowest BCUT2D eigenvalue weighted by molar-refractivity contribution is -0.146. The van der Waals surface area contributed by atoms with Gasteiger partial charge in [0.25, 0.3) is 0 Å². The summed E-state index contributed by atoms with van der Waals surface area (Å²) >= 11 is 0. The number of esters is 1. The van der Waals surface area contributed by atoms with Gasteiger partial charge in [-0.1, -0.05) is 13.8 Å². The largest absolute Gasteiger partial charge is 0.467 e. The van der Waals surface area contributed by atoms with E-state index in [9.17, 15) is 23.2 Å². The fourth-order valence-corrected chi connectivity index (χ4v) is 3.14. The van der Waals surface area contributed by atoms with Crippen LogP contribution in [0, 0.1) is 17.6 Å². The molecule has 27 heavy (non-hydrogen) atoms. The van der Waals surface area contributed by atoms with Crippen molar-refractivity contribution in [3.05, 3.63) is 35.4 Å². The van der Waals surface area contributed by atoms with E-state index in [2.05, 4.69) is 5.32 Å². The monoisotopic (exact) mass is 382 g/mol. The highest BCUT2D eigenvalue weighted by Crippen LogP contribution is 2.25. The lowest BCUT2D eigenvalue weighted by Crippen LogP contribution is -2.47. The maximum absolute atomic E-state index is 13.9. The van der Waals surface area contributed by atoms with Crippen LogP contribution in [0.5, 0.6) is 0 Å². The van der Waals surface area contributed by atoms with Gasteiger partial charge in [-0.05, 0) is 30.5 Å². The molecule has 1 heterocycles. The summed E-state index contributed by atoms with van der Waals surface area (Å²) in [5, 5.41) is 2.63. The Kier molecular flexibility index (Phi) is 6.87. The van der Waals surface area contributed by atoms with Crippen molar-refractivity contribution in [1.29, 1.82) is 0 Å². The molecule has 148 valence electrons. The smallest absolute Gasteiger partial charge is 0.328 e. The van der Waals surface area contributed by atoms with Crippen molar-refractivity contribution in [2.75, 3.05) is 7.11 Å². The van der Waals surface area contributed by atoms with Crippen LogP contribution in [0.3, 0.4) is 0 Å². The lowest BCUT2D eigenvalue weighted by Gasteiger charge is -2.26. The number of halogens is 2. The molecule has 1 aliphatic rings. The van der Waals surface area contributed by atoms with E-state index < -0.39 is 35.6 Å². The Hall–Kier alpha value is -2.51. The van der Waals surface area contributed by atoms with Crippen LogP contribution in [0.25, 0.3) is 0 Å². The van der Waals surface area contributed by atoms with Gasteiger partial charge >= 0.3 is 5.97 Å². The number of likely N-dealkylation sites (tertiary alicyclic amines) is 1. The quantitative estimate of drug-likeness (QED) is 0.734. The zero-order valence-electron chi connectivity index (χ0n) is 15.6. The van der Waals surface area contributed by atoms with Gasteiger partial charge in [0, 0.05) is 31.0 Å². The number of nitrogens with one attached hydrogen (secondary N) is 1. The summed E-state index contributed by atoms with van der Waals surface area (Å²) in [6, 6.07) is 1.84. The van der Waals surface area contributed by atoms with Crippen LogP contribution in [-0.2, 0) is 25.7 Å². The van der Waals surface area contributed by atoms with Crippen LogP contribution in [0.2, 0.25) is 0 Å². The van der Waals surface area contributed by atoms with E-state index in [-0.39, 0.29) is 36.8 Å². The molecule has 6 nitrogen and oxygen atoms in total. The lowest BCUT2D eigenvalue weighted by atomic mass is 10.0. The summed E-state index contributed by atoms with van der Waals surface area (Å²) in [5.41, 5.74) is 0.0604. The number of carbonyl (C=O) groups is 3. The minimum absolute atomic E-state index is 0.0249. The Balaban J connectivity index is 2.06. The van der Waals surface area contributed by atoms with E-state index in [0.29, 0.717) is 6.42 Å². The second kappa shape index (κ2) is 8.92. The van der Waals surface area contributed by atoms with E-state index in [1.54, 1.807) is 13.8 Å². The Morgan fingerprint density at radius 3 is 2.67 bits per heavy atom. The number of carbonyl (C=O) groups excluding carboxylic acids is 3. The van der Waals surface area contributed by atoms with Crippen LogP contribution in [0.15, 0.2) is 18.2 Å². The van der Waals surface area contributed by atoms with Gasteiger partial charge in [0.2, 0.25) is 11.8 Å². The summed E-state index contributed by atoms with van der Waals surface area (Å²) < 4.78 is 32.0. The zero-order chi connectivity index (χ0) is 20.1. The fourth-order valence-electron chi connectivity index (χ4n) is 3.14. The van der Waals surface area contributed by atoms with Gasteiger partial charge in [-0.15, -0.1) is 0 Å². The van der Waals surface area contributed by atoms with Crippen molar-refractivity contribution < 1.29 is 27.9 Å². The highest BCUT2D eigenvalue weighted by atomic mass is 19.1. The van der Waals surface area contributed by atoms with Crippen molar-refractivity contribution in [3.63, 3.8) is 0 Å². The third kappa shape index (κ3) is 5.24. The van der Waals surface area contributed by atoms with Crippen molar-refractivity contribution in [2.24, 2.45) is 5.92 Å². The average molecular weight is 382 g/mol. The summed E-state index contributed by atoms with van der Waals surface area (Å²) in [5.74, 6) is -2.52. The van der Waals surface area contributed by atoms with Gasteiger partial charge in [-0.25, -0.2) is 13.6 Å². The third-order valence-corrected chi connectivity index (χ3v) is 4.66. The van der Waals surface area contributed by atoms with Gasteiger partial charge in [0.15, 0.2) is 0 Å². The van der Waals surface area contributed by atoms with E-state index in [1.807, 2.05) is 0 Å². The number of ether oxygens (including phenoxy) is 1. The molecule has 2 rings (SSSR count). The minimum Gasteiger partial charge on any atom is -0.467 e. The minimum atomic E-state index is -0.784. The van der Waals surface area contributed by atoms with E-state index in [1.165, 1.54) is 12.0 Å². The maximum Gasteiger partial charge on any atom is 0.328 e. The molecule has 0 unspecified atom stereocenters. The molecule has 1 saturated heterocycles. The Morgan fingerprint density at radius 1 is 1.33 bits per heavy atom. The van der Waals surface area contributed by atoms with Crippen LogP contribution in [-0.4, -0.2) is 41.9 Å². The molecular formula is C19H24F2N2O4. The normalized spacial score (nSPS) is 17.9. The van der Waals surface area contributed by atoms with Gasteiger partial charge in [0.1, 0.15) is 17.7 Å². The molecule has 1 aromatic rings. The molecule has 0 saturated carbocycles. The molecule has 8 heteroatoms. The first-order valence-electron chi connectivity index (χ1n) is 8.83. The van der Waals surface area contributed by atoms with E-state index in [0.717, 1.165) is 18.2 Å². The highest BCUT2D eigenvalue weighted by Gasteiger charge is 2.34. The van der Waals surface area contributed by atoms with Crippen LogP contribution in [0.1, 0.15) is 38.7 Å². The maximum atomic E-state index is 13.9. The molecule has 1 fully saturated rings. The van der Waals surface area contributed by atoms with Crippen molar-refractivity contribution in [1.82, 2.24) is 10.2 Å². The van der Waals surface area contributed by atoms with Crippen LogP contribution >= 0.6 is 0 Å². The summed E-state index contributed by atoms with van der Waals surface area (Å²) in [6.07, 6.45) is 0.649. The number of amides is 2. The molecule has 0 bridgehead atoms. The fraction of sp³-hybridized carbons (Fsp3) is 0.526. The first-order valence-corrected chi connectivity index (χ1v) is 8.83. The summed E-state index contributed by atoms with van der Waals surface area (Å²) in [6.45, 7) is 3.45. The molecule has 0 aromatic heterocycles. The molecule has 2 amide bonds. The number of hydrogen-bond acceptors (Lipinski definition) is 4. The molecule has 1 N–H and O–H groups in total. The molecule has 1 aliphatic heterocycles. The second-order valence-electron chi connectivity index (χ2n) is 6.97.